The summed E-state index contributed by atoms with van der Waals surface area (Å²) in [5.74, 6) is -1.05. The van der Waals surface area contributed by atoms with E-state index in [2.05, 4.69) is 10.4 Å². The summed E-state index contributed by atoms with van der Waals surface area (Å²) in [6.07, 6.45) is 0. The van der Waals surface area contributed by atoms with Crippen molar-refractivity contribution in [1.82, 2.24) is 15.1 Å². The summed E-state index contributed by atoms with van der Waals surface area (Å²) in [5.41, 5.74) is 11.8. The van der Waals surface area contributed by atoms with Gasteiger partial charge in [0.15, 0.2) is 0 Å². The van der Waals surface area contributed by atoms with Crippen molar-refractivity contribution < 1.29 is 9.59 Å². The van der Waals surface area contributed by atoms with Crippen molar-refractivity contribution in [2.45, 2.75) is 20.4 Å². The van der Waals surface area contributed by atoms with Crippen LogP contribution in [-0.2, 0) is 11.3 Å². The summed E-state index contributed by atoms with van der Waals surface area (Å²) < 4.78 is 1.49. The highest BCUT2D eigenvalue weighted by Crippen LogP contribution is 2.15. The van der Waals surface area contributed by atoms with Gasteiger partial charge >= 0.3 is 0 Å². The molecule has 5 N–H and O–H groups in total. The van der Waals surface area contributed by atoms with Gasteiger partial charge in [0.2, 0.25) is 5.91 Å². The normalized spacial score (nSPS) is 10.1. The Kier molecular flexibility index (Phi) is 3.49. The standard InChI is InChI=1S/C9H15N5O2/c1-3-14-8(7(11)5(2)13-14)9(16)12-4-6(10)15/h3-4,11H2,1-2H3,(H2,10,15)(H,12,16). The van der Waals surface area contributed by atoms with E-state index in [9.17, 15) is 9.59 Å². The predicted molar refractivity (Wildman–Crippen MR) is 58.6 cm³/mol. The van der Waals surface area contributed by atoms with Gasteiger partial charge in [-0.3, -0.25) is 14.3 Å². The molecule has 0 aliphatic heterocycles. The number of nitrogens with two attached hydrogens (primary N) is 2. The fourth-order valence-electron chi connectivity index (χ4n) is 1.31. The van der Waals surface area contributed by atoms with Gasteiger partial charge in [0, 0.05) is 6.54 Å². The second-order valence-electron chi connectivity index (χ2n) is 3.31. The second-order valence-corrected chi connectivity index (χ2v) is 3.31. The maximum Gasteiger partial charge on any atom is 0.272 e. The Balaban J connectivity index is 2.93. The Morgan fingerprint density at radius 3 is 2.62 bits per heavy atom. The number of carbonyl (C=O) groups excluding carboxylic acids is 2. The number of aromatic nitrogens is 2. The summed E-state index contributed by atoms with van der Waals surface area (Å²) in [7, 11) is 0. The lowest BCUT2D eigenvalue weighted by molar-refractivity contribution is -0.117. The lowest BCUT2D eigenvalue weighted by atomic mass is 10.3. The molecule has 1 aromatic heterocycles. The highest BCUT2D eigenvalue weighted by Gasteiger charge is 2.18. The van der Waals surface area contributed by atoms with Crippen molar-refractivity contribution >= 4 is 17.5 Å². The van der Waals surface area contributed by atoms with Crippen LogP contribution in [0.2, 0.25) is 0 Å². The molecule has 88 valence electrons. The average molecular weight is 225 g/mol. The largest absolute Gasteiger partial charge is 0.395 e. The topological polar surface area (TPSA) is 116 Å². The first kappa shape index (κ1) is 12.0. The van der Waals surface area contributed by atoms with Crippen molar-refractivity contribution in [2.75, 3.05) is 12.3 Å². The number of amides is 2. The third kappa shape index (κ3) is 2.30. The fourth-order valence-corrected chi connectivity index (χ4v) is 1.31. The molecule has 0 radical (unpaired) electrons. The van der Waals surface area contributed by atoms with E-state index in [4.69, 9.17) is 11.5 Å². The van der Waals surface area contributed by atoms with Crippen LogP contribution in [0, 0.1) is 6.92 Å². The number of anilines is 1. The SMILES string of the molecule is CCn1nc(C)c(N)c1C(=O)NCC(N)=O. The minimum Gasteiger partial charge on any atom is -0.395 e. The lowest BCUT2D eigenvalue weighted by Gasteiger charge is -2.05. The predicted octanol–water partition coefficient (Wildman–Crippen LogP) is -0.991. The van der Waals surface area contributed by atoms with Gasteiger partial charge in [-0.05, 0) is 13.8 Å². The molecule has 7 nitrogen and oxygen atoms in total. The first-order valence-corrected chi connectivity index (χ1v) is 4.86. The third-order valence-electron chi connectivity index (χ3n) is 2.11. The first-order valence-electron chi connectivity index (χ1n) is 4.86. The summed E-state index contributed by atoms with van der Waals surface area (Å²) in [4.78, 5) is 22.2. The van der Waals surface area contributed by atoms with E-state index in [0.717, 1.165) is 0 Å². The molecule has 0 unspecified atom stereocenters. The number of hydrogen-bond donors (Lipinski definition) is 3. The molecule has 0 aliphatic rings. The Labute approximate surface area is 92.8 Å². The van der Waals surface area contributed by atoms with Crippen LogP contribution < -0.4 is 16.8 Å². The minimum absolute atomic E-state index is 0.216. The van der Waals surface area contributed by atoms with E-state index < -0.39 is 11.8 Å². The molecule has 1 heterocycles. The monoisotopic (exact) mass is 225 g/mol. The maximum absolute atomic E-state index is 11.7. The van der Waals surface area contributed by atoms with Crippen LogP contribution in [-0.4, -0.2) is 28.1 Å². The Morgan fingerprint density at radius 1 is 1.50 bits per heavy atom. The molecule has 0 atom stereocenters. The van der Waals surface area contributed by atoms with Gasteiger partial charge in [0.25, 0.3) is 5.91 Å². The summed E-state index contributed by atoms with van der Waals surface area (Å²) in [5, 5.41) is 6.46. The number of nitrogens with one attached hydrogen (secondary N) is 1. The van der Waals surface area contributed by atoms with E-state index in [-0.39, 0.29) is 12.2 Å². The molecular formula is C9H15N5O2. The van der Waals surface area contributed by atoms with Crippen molar-refractivity contribution in [2.24, 2.45) is 5.73 Å². The molecule has 0 saturated heterocycles. The van der Waals surface area contributed by atoms with Gasteiger partial charge in [-0.2, -0.15) is 5.10 Å². The highest BCUT2D eigenvalue weighted by molar-refractivity contribution is 5.99. The number of rotatable bonds is 4. The summed E-state index contributed by atoms with van der Waals surface area (Å²) in [6, 6.07) is 0. The maximum atomic E-state index is 11.7. The minimum atomic E-state index is -0.605. The van der Waals surface area contributed by atoms with Crippen LogP contribution in [0.15, 0.2) is 0 Å². The molecule has 1 rings (SSSR count). The van der Waals surface area contributed by atoms with Gasteiger partial charge in [0.05, 0.1) is 17.9 Å². The van der Waals surface area contributed by atoms with Crippen LogP contribution in [0.25, 0.3) is 0 Å². The smallest absolute Gasteiger partial charge is 0.272 e. The number of aryl methyl sites for hydroxylation is 2. The molecule has 0 bridgehead atoms. The van der Waals surface area contributed by atoms with Gasteiger partial charge in [-0.1, -0.05) is 0 Å². The molecule has 16 heavy (non-hydrogen) atoms. The zero-order chi connectivity index (χ0) is 12.3. The van der Waals surface area contributed by atoms with E-state index in [1.54, 1.807) is 6.92 Å². The molecule has 1 aromatic rings. The Morgan fingerprint density at radius 2 is 2.12 bits per heavy atom. The van der Waals surface area contributed by atoms with Gasteiger partial charge < -0.3 is 16.8 Å². The zero-order valence-electron chi connectivity index (χ0n) is 9.28. The number of hydrogen-bond acceptors (Lipinski definition) is 4. The second kappa shape index (κ2) is 4.65. The average Bonchev–Trinajstić information content (AvgIpc) is 2.51. The highest BCUT2D eigenvalue weighted by atomic mass is 16.2. The van der Waals surface area contributed by atoms with Crippen molar-refractivity contribution in [3.63, 3.8) is 0 Å². The number of nitrogen functional groups attached to an aromatic ring is 1. The van der Waals surface area contributed by atoms with E-state index in [1.807, 2.05) is 6.92 Å². The van der Waals surface area contributed by atoms with Gasteiger partial charge in [0.1, 0.15) is 5.69 Å². The zero-order valence-corrected chi connectivity index (χ0v) is 9.28. The third-order valence-corrected chi connectivity index (χ3v) is 2.11. The summed E-state index contributed by atoms with van der Waals surface area (Å²) >= 11 is 0. The van der Waals surface area contributed by atoms with Crippen molar-refractivity contribution in [3.05, 3.63) is 11.4 Å². The Hall–Kier alpha value is -2.05. The molecule has 2 amide bonds. The molecule has 0 spiro atoms. The van der Waals surface area contributed by atoms with Gasteiger partial charge in [-0.15, -0.1) is 0 Å². The number of primary amides is 1. The summed E-state index contributed by atoms with van der Waals surface area (Å²) in [6.45, 7) is 3.87. The molecule has 0 aromatic carbocycles. The fraction of sp³-hybridized carbons (Fsp3) is 0.444. The molecule has 0 fully saturated rings. The van der Waals surface area contributed by atoms with Crippen molar-refractivity contribution in [1.29, 1.82) is 0 Å². The number of carbonyl (C=O) groups is 2. The van der Waals surface area contributed by atoms with Crippen molar-refractivity contribution in [3.8, 4) is 0 Å². The number of nitrogens with zero attached hydrogens (tertiary/aromatic N) is 2. The molecular weight excluding hydrogens is 210 g/mol. The van der Waals surface area contributed by atoms with Crippen LogP contribution in [0.3, 0.4) is 0 Å². The van der Waals surface area contributed by atoms with Crippen LogP contribution in [0.1, 0.15) is 23.1 Å². The lowest BCUT2D eigenvalue weighted by Crippen LogP contribution is -2.34. The molecule has 0 aliphatic carbocycles. The van der Waals surface area contributed by atoms with Gasteiger partial charge in [-0.25, -0.2) is 0 Å². The molecule has 0 saturated carbocycles. The first-order chi connectivity index (χ1) is 7.47. The quantitative estimate of drug-likeness (QED) is 0.610. The van der Waals surface area contributed by atoms with Crippen LogP contribution in [0.5, 0.6) is 0 Å². The van der Waals surface area contributed by atoms with E-state index >= 15 is 0 Å². The van der Waals surface area contributed by atoms with E-state index in [1.165, 1.54) is 4.68 Å². The van der Waals surface area contributed by atoms with E-state index in [0.29, 0.717) is 17.9 Å². The van der Waals surface area contributed by atoms with Crippen LogP contribution in [0.4, 0.5) is 5.69 Å². The molecule has 7 heteroatoms. The Bertz CT molecular complexity index is 424. The van der Waals surface area contributed by atoms with Crippen LogP contribution >= 0.6 is 0 Å².